The van der Waals surface area contributed by atoms with Crippen LogP contribution in [0.5, 0.6) is 0 Å². The van der Waals surface area contributed by atoms with E-state index in [2.05, 4.69) is 4.90 Å². The third-order valence-electron chi connectivity index (χ3n) is 6.58. The predicted molar refractivity (Wildman–Crippen MR) is 110 cm³/mol. The number of likely N-dealkylation sites (tertiary alicyclic amines) is 1. The van der Waals surface area contributed by atoms with Crippen molar-refractivity contribution < 1.29 is 9.59 Å². The summed E-state index contributed by atoms with van der Waals surface area (Å²) in [5, 5.41) is 0. The van der Waals surface area contributed by atoms with Gasteiger partial charge in [-0.2, -0.15) is 0 Å². The minimum atomic E-state index is -0.116. The molecule has 0 aromatic heterocycles. The predicted octanol–water partition coefficient (Wildman–Crippen LogP) is 4.16. The highest BCUT2D eigenvalue weighted by atomic mass is 32.2. The van der Waals surface area contributed by atoms with Gasteiger partial charge >= 0.3 is 0 Å². The Labute approximate surface area is 166 Å². The molecule has 2 aliphatic heterocycles. The third-order valence-corrected chi connectivity index (χ3v) is 8.13. The molecule has 2 saturated heterocycles. The van der Waals surface area contributed by atoms with E-state index >= 15 is 0 Å². The van der Waals surface area contributed by atoms with Gasteiger partial charge in [0.2, 0.25) is 5.91 Å². The molecule has 27 heavy (non-hydrogen) atoms. The Morgan fingerprint density at radius 2 is 1.74 bits per heavy atom. The van der Waals surface area contributed by atoms with E-state index < -0.39 is 0 Å². The van der Waals surface area contributed by atoms with Crippen LogP contribution < -0.4 is 0 Å². The molecule has 2 heterocycles. The lowest BCUT2D eigenvalue weighted by molar-refractivity contribution is -0.133. The molecule has 5 heteroatoms. The van der Waals surface area contributed by atoms with E-state index in [1.807, 2.05) is 47.0 Å². The number of carbonyl (C=O) groups is 2. The molecule has 1 spiro atoms. The Balaban J connectivity index is 1.34. The van der Waals surface area contributed by atoms with Gasteiger partial charge in [0.25, 0.3) is 5.91 Å². The molecule has 0 atom stereocenters. The van der Waals surface area contributed by atoms with Crippen molar-refractivity contribution in [1.29, 1.82) is 0 Å². The molecule has 1 saturated carbocycles. The fourth-order valence-electron chi connectivity index (χ4n) is 4.94. The zero-order valence-electron chi connectivity index (χ0n) is 16.1. The average Bonchev–Trinajstić information content (AvgIpc) is 3.37. The summed E-state index contributed by atoms with van der Waals surface area (Å²) in [6.45, 7) is 2.39. The SMILES string of the molecule is O=C(CCC1CCCC1)N1CCC2(CC1)SCCN2C(=O)c1ccccc1. The number of nitrogens with zero attached hydrogens (tertiary/aromatic N) is 2. The van der Waals surface area contributed by atoms with Crippen molar-refractivity contribution in [2.24, 2.45) is 5.92 Å². The Hall–Kier alpha value is -1.49. The number of piperidine rings is 1. The Morgan fingerprint density at radius 1 is 1.04 bits per heavy atom. The maximum atomic E-state index is 13.0. The largest absolute Gasteiger partial charge is 0.342 e. The van der Waals surface area contributed by atoms with Gasteiger partial charge in [0, 0.05) is 37.4 Å². The molecule has 3 aliphatic rings. The van der Waals surface area contributed by atoms with E-state index in [0.717, 1.165) is 56.1 Å². The number of amides is 2. The molecule has 4 rings (SSSR count). The van der Waals surface area contributed by atoms with Gasteiger partial charge in [-0.05, 0) is 37.3 Å². The zero-order valence-corrected chi connectivity index (χ0v) is 16.9. The first-order chi connectivity index (χ1) is 13.2. The van der Waals surface area contributed by atoms with Crippen LogP contribution in [0.3, 0.4) is 0 Å². The lowest BCUT2D eigenvalue weighted by Crippen LogP contribution is -2.53. The number of rotatable bonds is 4. The van der Waals surface area contributed by atoms with Crippen molar-refractivity contribution in [3.63, 3.8) is 0 Å². The molecule has 3 fully saturated rings. The third kappa shape index (κ3) is 4.03. The van der Waals surface area contributed by atoms with Crippen molar-refractivity contribution in [3.05, 3.63) is 35.9 Å². The van der Waals surface area contributed by atoms with E-state index in [9.17, 15) is 9.59 Å². The summed E-state index contributed by atoms with van der Waals surface area (Å²) in [7, 11) is 0. The van der Waals surface area contributed by atoms with Gasteiger partial charge in [-0.15, -0.1) is 11.8 Å². The molecule has 4 nitrogen and oxygen atoms in total. The normalized spacial score (nSPS) is 22.5. The first-order valence-electron chi connectivity index (χ1n) is 10.5. The molecule has 0 bridgehead atoms. The van der Waals surface area contributed by atoms with Crippen molar-refractivity contribution in [1.82, 2.24) is 9.80 Å². The lowest BCUT2D eigenvalue weighted by Gasteiger charge is -2.44. The van der Waals surface area contributed by atoms with Crippen molar-refractivity contribution >= 4 is 23.6 Å². The van der Waals surface area contributed by atoms with Gasteiger partial charge in [0.15, 0.2) is 0 Å². The second-order valence-electron chi connectivity index (χ2n) is 8.19. The molecule has 0 N–H and O–H groups in total. The van der Waals surface area contributed by atoms with Crippen LogP contribution >= 0.6 is 11.8 Å². The summed E-state index contributed by atoms with van der Waals surface area (Å²) in [5.41, 5.74) is 0.773. The topological polar surface area (TPSA) is 40.6 Å². The van der Waals surface area contributed by atoms with Crippen molar-refractivity contribution in [2.45, 2.75) is 56.2 Å². The summed E-state index contributed by atoms with van der Waals surface area (Å²) in [6, 6.07) is 9.60. The van der Waals surface area contributed by atoms with Gasteiger partial charge in [-0.1, -0.05) is 43.9 Å². The van der Waals surface area contributed by atoms with Crippen LogP contribution in [0.4, 0.5) is 0 Å². The highest BCUT2D eigenvalue weighted by molar-refractivity contribution is 8.00. The lowest BCUT2D eigenvalue weighted by atomic mass is 9.98. The fourth-order valence-corrected chi connectivity index (χ4v) is 6.39. The molecule has 1 aliphatic carbocycles. The number of carbonyl (C=O) groups excluding carboxylic acids is 2. The molecule has 2 amide bonds. The molecule has 0 unspecified atom stereocenters. The Bertz CT molecular complexity index is 664. The highest BCUT2D eigenvalue weighted by Gasteiger charge is 2.46. The maximum absolute atomic E-state index is 13.0. The minimum absolute atomic E-state index is 0.116. The van der Waals surface area contributed by atoms with Crippen molar-refractivity contribution in [2.75, 3.05) is 25.4 Å². The van der Waals surface area contributed by atoms with Crippen LogP contribution in [0.15, 0.2) is 30.3 Å². The summed E-state index contributed by atoms with van der Waals surface area (Å²) in [5.74, 6) is 2.23. The fraction of sp³-hybridized carbons (Fsp3) is 0.636. The van der Waals surface area contributed by atoms with E-state index in [1.165, 1.54) is 25.7 Å². The Morgan fingerprint density at radius 3 is 2.44 bits per heavy atom. The second-order valence-corrected chi connectivity index (χ2v) is 9.64. The maximum Gasteiger partial charge on any atom is 0.254 e. The van der Waals surface area contributed by atoms with Gasteiger partial charge in [0.1, 0.15) is 0 Å². The van der Waals surface area contributed by atoms with E-state index in [4.69, 9.17) is 0 Å². The van der Waals surface area contributed by atoms with Crippen LogP contribution in [0.1, 0.15) is 61.7 Å². The first kappa shape index (κ1) is 18.9. The molecule has 1 aromatic rings. The van der Waals surface area contributed by atoms with Crippen LogP contribution in [-0.2, 0) is 4.79 Å². The average molecular weight is 387 g/mol. The second kappa shape index (κ2) is 8.26. The van der Waals surface area contributed by atoms with Crippen LogP contribution in [0, 0.1) is 5.92 Å². The number of benzene rings is 1. The molecule has 146 valence electrons. The van der Waals surface area contributed by atoms with E-state index in [0.29, 0.717) is 12.3 Å². The number of thioether (sulfide) groups is 1. The molecular weight excluding hydrogens is 356 g/mol. The Kier molecular flexibility index (Phi) is 5.76. The molecule has 1 aromatic carbocycles. The summed E-state index contributed by atoms with van der Waals surface area (Å²) in [4.78, 5) is 29.7. The van der Waals surface area contributed by atoms with Gasteiger partial charge in [0.05, 0.1) is 4.87 Å². The van der Waals surface area contributed by atoms with E-state index in [-0.39, 0.29) is 10.8 Å². The first-order valence-corrected chi connectivity index (χ1v) is 11.5. The zero-order chi connectivity index (χ0) is 18.7. The molecular formula is C22H30N2O2S. The van der Waals surface area contributed by atoms with Gasteiger partial charge in [-0.3, -0.25) is 9.59 Å². The van der Waals surface area contributed by atoms with E-state index in [1.54, 1.807) is 0 Å². The number of hydrogen-bond acceptors (Lipinski definition) is 3. The standard InChI is InChI=1S/C22H30N2O2S/c25-20(11-10-18-6-4-5-7-18)23-14-12-22(13-15-23)24(16-17-27-22)21(26)19-8-2-1-3-9-19/h1-3,8-9,18H,4-7,10-17H2. The quantitative estimate of drug-likeness (QED) is 0.780. The van der Waals surface area contributed by atoms with Gasteiger partial charge < -0.3 is 9.80 Å². The number of hydrogen-bond donors (Lipinski definition) is 0. The summed E-state index contributed by atoms with van der Waals surface area (Å²) in [6.07, 6.45) is 8.86. The minimum Gasteiger partial charge on any atom is -0.342 e. The van der Waals surface area contributed by atoms with Crippen LogP contribution in [0.25, 0.3) is 0 Å². The summed E-state index contributed by atoms with van der Waals surface area (Å²) < 4.78 is 0. The monoisotopic (exact) mass is 386 g/mol. The van der Waals surface area contributed by atoms with Crippen molar-refractivity contribution in [3.8, 4) is 0 Å². The smallest absolute Gasteiger partial charge is 0.254 e. The van der Waals surface area contributed by atoms with Crippen LogP contribution in [-0.4, -0.2) is 51.9 Å². The van der Waals surface area contributed by atoms with Crippen LogP contribution in [0.2, 0.25) is 0 Å². The molecule has 0 radical (unpaired) electrons. The van der Waals surface area contributed by atoms with Gasteiger partial charge in [-0.25, -0.2) is 0 Å². The summed E-state index contributed by atoms with van der Waals surface area (Å²) >= 11 is 1.91. The highest BCUT2D eigenvalue weighted by Crippen LogP contribution is 2.44.